The number of pyridine rings is 1. The van der Waals surface area contributed by atoms with E-state index in [1.54, 1.807) is 6.20 Å². The number of fused-ring (bicyclic) bond motifs is 1. The van der Waals surface area contributed by atoms with Gasteiger partial charge >= 0.3 is 5.97 Å². The van der Waals surface area contributed by atoms with Crippen LogP contribution < -0.4 is 16.0 Å². The molecule has 0 unspecified atom stereocenters. The van der Waals surface area contributed by atoms with Crippen LogP contribution in [0.15, 0.2) is 54.9 Å². The molecule has 0 fully saturated rings. The second-order valence-corrected chi connectivity index (χ2v) is 8.31. The molecule has 6 heteroatoms. The van der Waals surface area contributed by atoms with Crippen molar-refractivity contribution in [2.45, 2.75) is 39.3 Å². The Hall–Kier alpha value is -3.38. The second-order valence-electron chi connectivity index (χ2n) is 8.31. The monoisotopic (exact) mass is 416 g/mol. The quantitative estimate of drug-likeness (QED) is 0.423. The Kier molecular flexibility index (Phi) is 5.91. The van der Waals surface area contributed by atoms with E-state index in [2.05, 4.69) is 78.1 Å². The van der Waals surface area contributed by atoms with E-state index in [4.69, 9.17) is 0 Å². The van der Waals surface area contributed by atoms with Crippen LogP contribution in [0.25, 0.3) is 0 Å². The third-order valence-corrected chi connectivity index (χ3v) is 5.80. The van der Waals surface area contributed by atoms with Gasteiger partial charge in [-0.05, 0) is 59.4 Å². The first kappa shape index (κ1) is 20.9. The van der Waals surface area contributed by atoms with E-state index in [0.29, 0.717) is 18.2 Å². The lowest BCUT2D eigenvalue weighted by molar-refractivity contribution is 0.0697. The van der Waals surface area contributed by atoms with Crippen LogP contribution in [0.4, 0.5) is 17.1 Å². The van der Waals surface area contributed by atoms with Crippen LogP contribution in [0.1, 0.15) is 58.4 Å². The van der Waals surface area contributed by atoms with Crippen molar-refractivity contribution in [3.05, 3.63) is 82.7 Å². The van der Waals surface area contributed by atoms with Gasteiger partial charge in [-0.3, -0.25) is 4.98 Å². The Morgan fingerprint density at radius 1 is 1.19 bits per heavy atom. The number of nitrogens with zero attached hydrogens (tertiary/aromatic N) is 1. The highest BCUT2D eigenvalue weighted by Gasteiger charge is 2.22. The highest BCUT2D eigenvalue weighted by molar-refractivity contribution is 5.93. The minimum atomic E-state index is -0.961. The number of carboxylic acids is 1. The third kappa shape index (κ3) is 4.54. The number of carboxylic acid groups (broad SMARTS) is 1. The Morgan fingerprint density at radius 2 is 2.03 bits per heavy atom. The Labute approximate surface area is 182 Å². The number of anilines is 3. The van der Waals surface area contributed by atoms with Crippen molar-refractivity contribution < 1.29 is 9.90 Å². The van der Waals surface area contributed by atoms with Crippen molar-refractivity contribution in [2.24, 2.45) is 0 Å². The van der Waals surface area contributed by atoms with Crippen molar-refractivity contribution in [3.8, 4) is 0 Å². The summed E-state index contributed by atoms with van der Waals surface area (Å²) in [6.07, 6.45) is 3.05. The number of hydrogen-bond acceptors (Lipinski definition) is 5. The van der Waals surface area contributed by atoms with Crippen LogP contribution in [0, 0.1) is 6.92 Å². The van der Waals surface area contributed by atoms with E-state index >= 15 is 0 Å². The molecular weight excluding hydrogens is 388 g/mol. The summed E-state index contributed by atoms with van der Waals surface area (Å²) in [6, 6.07) is 14.6. The molecule has 0 amide bonds. The van der Waals surface area contributed by atoms with Gasteiger partial charge in [0.25, 0.3) is 0 Å². The molecule has 0 aliphatic carbocycles. The van der Waals surface area contributed by atoms with E-state index in [1.165, 1.54) is 34.5 Å². The van der Waals surface area contributed by atoms with Crippen molar-refractivity contribution in [1.82, 2.24) is 10.3 Å². The molecule has 0 bridgehead atoms. The van der Waals surface area contributed by atoms with Gasteiger partial charge in [-0.25, -0.2) is 4.79 Å². The lowest BCUT2D eigenvalue weighted by Gasteiger charge is -2.16. The molecule has 1 aliphatic heterocycles. The molecule has 3 aromatic rings. The first-order valence-electron chi connectivity index (χ1n) is 10.6. The van der Waals surface area contributed by atoms with Crippen molar-refractivity contribution in [2.75, 3.05) is 17.2 Å². The van der Waals surface area contributed by atoms with Gasteiger partial charge in [-0.2, -0.15) is 0 Å². The van der Waals surface area contributed by atoms with Gasteiger partial charge < -0.3 is 21.1 Å². The summed E-state index contributed by atoms with van der Waals surface area (Å²) in [7, 11) is 0. The lowest BCUT2D eigenvalue weighted by Crippen LogP contribution is -2.22. The molecular formula is C25H28N4O2. The van der Waals surface area contributed by atoms with Crippen LogP contribution in [-0.2, 0) is 6.54 Å². The number of hydrogen-bond donors (Lipinski definition) is 4. The van der Waals surface area contributed by atoms with Crippen LogP contribution >= 0.6 is 0 Å². The summed E-state index contributed by atoms with van der Waals surface area (Å²) in [5, 5.41) is 19.6. The molecule has 0 radical (unpaired) electrons. The minimum Gasteiger partial charge on any atom is -0.478 e. The van der Waals surface area contributed by atoms with E-state index in [9.17, 15) is 9.90 Å². The summed E-state index contributed by atoms with van der Waals surface area (Å²) in [4.78, 5) is 15.4. The molecule has 1 aliphatic rings. The fourth-order valence-corrected chi connectivity index (χ4v) is 3.98. The maximum absolute atomic E-state index is 11.4. The third-order valence-electron chi connectivity index (χ3n) is 5.80. The lowest BCUT2D eigenvalue weighted by atomic mass is 10.00. The standard InChI is InChI=1S/C25H28N4O2/c1-15(2)17-4-7-22(16(3)10-17)29-19-5-6-20-18(11-19)12-27-24(20)14-28-23-13-26-9-8-21(23)25(30)31/h4-11,13,15,24,27-29H,12,14H2,1-3H3,(H,30,31)/t24-/m1/s1. The molecule has 0 spiro atoms. The van der Waals surface area contributed by atoms with Crippen molar-refractivity contribution in [3.63, 3.8) is 0 Å². The number of aromatic nitrogens is 1. The van der Waals surface area contributed by atoms with E-state index in [-0.39, 0.29) is 11.6 Å². The highest BCUT2D eigenvalue weighted by atomic mass is 16.4. The zero-order chi connectivity index (χ0) is 22.0. The van der Waals surface area contributed by atoms with Gasteiger partial charge in [0.15, 0.2) is 0 Å². The number of rotatable bonds is 7. The van der Waals surface area contributed by atoms with E-state index < -0.39 is 5.97 Å². The number of carbonyl (C=O) groups is 1. The molecule has 6 nitrogen and oxygen atoms in total. The average Bonchev–Trinajstić information content (AvgIpc) is 3.16. The fraction of sp³-hybridized carbons (Fsp3) is 0.280. The summed E-state index contributed by atoms with van der Waals surface area (Å²) in [5.41, 5.74) is 7.99. The molecule has 0 saturated heterocycles. The second kappa shape index (κ2) is 8.78. The first-order chi connectivity index (χ1) is 14.9. The maximum Gasteiger partial charge on any atom is 0.337 e. The number of nitrogens with one attached hydrogen (secondary N) is 3. The fourth-order valence-electron chi connectivity index (χ4n) is 3.98. The molecule has 4 N–H and O–H groups in total. The van der Waals surface area contributed by atoms with Crippen LogP contribution in [0.3, 0.4) is 0 Å². The van der Waals surface area contributed by atoms with Gasteiger partial charge in [0, 0.05) is 30.7 Å². The molecule has 1 aromatic heterocycles. The van der Waals surface area contributed by atoms with Gasteiger partial charge in [0.2, 0.25) is 0 Å². The predicted octanol–water partition coefficient (Wildman–Crippen LogP) is 5.21. The summed E-state index contributed by atoms with van der Waals surface area (Å²) in [6.45, 7) is 7.91. The SMILES string of the molecule is Cc1cc(C(C)C)ccc1Nc1ccc2c(c1)CN[C@@H]2CNc1cnccc1C(=O)O. The Morgan fingerprint density at radius 3 is 2.77 bits per heavy atom. The molecule has 160 valence electrons. The summed E-state index contributed by atoms with van der Waals surface area (Å²) in [5.74, 6) is -0.445. The number of benzene rings is 2. The Balaban J connectivity index is 1.45. The normalized spacial score (nSPS) is 15.0. The summed E-state index contributed by atoms with van der Waals surface area (Å²) >= 11 is 0. The average molecular weight is 417 g/mol. The van der Waals surface area contributed by atoms with E-state index in [1.807, 2.05) is 0 Å². The highest BCUT2D eigenvalue weighted by Crippen LogP contribution is 2.31. The van der Waals surface area contributed by atoms with Gasteiger partial charge in [0.1, 0.15) is 0 Å². The van der Waals surface area contributed by atoms with Gasteiger partial charge in [-0.15, -0.1) is 0 Å². The zero-order valence-corrected chi connectivity index (χ0v) is 18.1. The minimum absolute atomic E-state index is 0.109. The molecule has 0 saturated carbocycles. The molecule has 2 aromatic carbocycles. The van der Waals surface area contributed by atoms with Crippen LogP contribution in [0.5, 0.6) is 0 Å². The predicted molar refractivity (Wildman–Crippen MR) is 124 cm³/mol. The molecule has 2 heterocycles. The van der Waals surface area contributed by atoms with Crippen LogP contribution in [0.2, 0.25) is 0 Å². The number of aromatic carboxylic acids is 1. The smallest absolute Gasteiger partial charge is 0.337 e. The van der Waals surface area contributed by atoms with Crippen molar-refractivity contribution in [1.29, 1.82) is 0 Å². The molecule has 31 heavy (non-hydrogen) atoms. The first-order valence-corrected chi connectivity index (χ1v) is 10.6. The van der Waals surface area contributed by atoms with Crippen LogP contribution in [-0.4, -0.2) is 22.6 Å². The molecule has 1 atom stereocenters. The van der Waals surface area contributed by atoms with Crippen molar-refractivity contribution >= 4 is 23.0 Å². The van der Waals surface area contributed by atoms with Gasteiger partial charge in [-0.1, -0.05) is 32.0 Å². The maximum atomic E-state index is 11.4. The topological polar surface area (TPSA) is 86.3 Å². The number of aryl methyl sites for hydroxylation is 1. The Bertz CT molecular complexity index is 1110. The molecule has 4 rings (SSSR count). The summed E-state index contributed by atoms with van der Waals surface area (Å²) < 4.78 is 0. The zero-order valence-electron chi connectivity index (χ0n) is 18.1. The van der Waals surface area contributed by atoms with E-state index in [0.717, 1.165) is 17.9 Å². The van der Waals surface area contributed by atoms with Gasteiger partial charge in [0.05, 0.1) is 23.5 Å². The largest absolute Gasteiger partial charge is 0.478 e.